The summed E-state index contributed by atoms with van der Waals surface area (Å²) in [5, 5.41) is 0. The third-order valence-electron chi connectivity index (χ3n) is 3.84. The number of rotatable bonds is 2. The average molecular weight is 291 g/mol. The number of H-pyrrole nitrogens is 1. The topological polar surface area (TPSA) is 66.1 Å². The van der Waals surface area contributed by atoms with Crippen molar-refractivity contribution in [3.8, 4) is 0 Å². The fourth-order valence-electron chi connectivity index (χ4n) is 2.67. The number of carbonyl (C=O) groups is 1. The van der Waals surface area contributed by atoms with Gasteiger partial charge in [0.05, 0.1) is 11.7 Å². The molecule has 2 heterocycles. The largest absolute Gasteiger partial charge is 0.332 e. The van der Waals surface area contributed by atoms with Crippen LogP contribution >= 0.6 is 0 Å². The van der Waals surface area contributed by atoms with Crippen molar-refractivity contribution in [2.24, 2.45) is 5.41 Å². The summed E-state index contributed by atoms with van der Waals surface area (Å²) in [6, 6.07) is 1.43. The van der Waals surface area contributed by atoms with Gasteiger partial charge in [0.2, 0.25) is 5.91 Å². The zero-order chi connectivity index (χ0) is 15.8. The fraction of sp³-hybridized carbons (Fsp3) is 0.688. The normalized spacial score (nSPS) is 19.3. The lowest BCUT2D eigenvalue weighted by Crippen LogP contribution is -2.39. The van der Waals surface area contributed by atoms with Gasteiger partial charge in [-0.05, 0) is 18.8 Å². The van der Waals surface area contributed by atoms with Crippen LogP contribution in [0.5, 0.6) is 0 Å². The molecule has 21 heavy (non-hydrogen) atoms. The van der Waals surface area contributed by atoms with Crippen molar-refractivity contribution in [1.29, 1.82) is 0 Å². The molecule has 1 amide bonds. The molecule has 0 aromatic carbocycles. The molecule has 1 aromatic rings. The van der Waals surface area contributed by atoms with Crippen LogP contribution in [0, 0.1) is 5.41 Å². The zero-order valence-electron chi connectivity index (χ0n) is 13.6. The second kappa shape index (κ2) is 5.62. The van der Waals surface area contributed by atoms with E-state index in [-0.39, 0.29) is 23.4 Å². The van der Waals surface area contributed by atoms with E-state index in [0.717, 1.165) is 25.1 Å². The number of hydrogen-bond donors (Lipinski definition) is 1. The molecule has 0 radical (unpaired) electrons. The number of amides is 1. The van der Waals surface area contributed by atoms with Crippen molar-refractivity contribution in [2.75, 3.05) is 6.54 Å². The first kappa shape index (κ1) is 15.7. The third-order valence-corrected chi connectivity index (χ3v) is 3.84. The zero-order valence-corrected chi connectivity index (χ0v) is 13.6. The first-order valence-corrected chi connectivity index (χ1v) is 7.62. The number of aromatic nitrogens is 2. The maximum absolute atomic E-state index is 12.6. The first-order chi connectivity index (χ1) is 9.70. The maximum Gasteiger partial charge on any atom is 0.251 e. The molecule has 0 bridgehead atoms. The summed E-state index contributed by atoms with van der Waals surface area (Å²) in [6.45, 7) is 10.5. The van der Waals surface area contributed by atoms with Crippen molar-refractivity contribution >= 4 is 5.91 Å². The highest BCUT2D eigenvalue weighted by molar-refractivity contribution is 5.82. The fourth-order valence-corrected chi connectivity index (χ4v) is 2.67. The molecule has 5 nitrogen and oxygen atoms in total. The van der Waals surface area contributed by atoms with E-state index in [1.54, 1.807) is 6.07 Å². The predicted octanol–water partition coefficient (Wildman–Crippen LogP) is 2.60. The van der Waals surface area contributed by atoms with Gasteiger partial charge in [-0.1, -0.05) is 34.6 Å². The molecule has 1 saturated heterocycles. The van der Waals surface area contributed by atoms with Crippen LogP contribution in [0.15, 0.2) is 10.9 Å². The number of likely N-dealkylation sites (tertiary alicyclic amines) is 1. The highest BCUT2D eigenvalue weighted by Gasteiger charge is 2.36. The molecule has 2 rings (SSSR count). The van der Waals surface area contributed by atoms with E-state index in [9.17, 15) is 9.59 Å². The van der Waals surface area contributed by atoms with E-state index in [2.05, 4.69) is 9.97 Å². The van der Waals surface area contributed by atoms with Crippen LogP contribution < -0.4 is 5.56 Å². The Morgan fingerprint density at radius 2 is 2.10 bits per heavy atom. The van der Waals surface area contributed by atoms with E-state index in [1.165, 1.54) is 0 Å². The van der Waals surface area contributed by atoms with Crippen LogP contribution in [-0.2, 0) is 4.79 Å². The minimum absolute atomic E-state index is 0.108. The summed E-state index contributed by atoms with van der Waals surface area (Å²) in [6.07, 6.45) is 1.80. The molecule has 1 fully saturated rings. The SMILES string of the molecule is CC(C)c1cc(=O)[nH]c([C@@H]2CCCN2C(=O)C(C)(C)C)n1. The number of aromatic amines is 1. The Labute approximate surface area is 125 Å². The van der Waals surface area contributed by atoms with Crippen molar-refractivity contribution in [1.82, 2.24) is 14.9 Å². The van der Waals surface area contributed by atoms with Crippen LogP contribution in [-0.4, -0.2) is 27.3 Å². The summed E-state index contributed by atoms with van der Waals surface area (Å²) >= 11 is 0. The smallest absolute Gasteiger partial charge is 0.251 e. The van der Waals surface area contributed by atoms with Gasteiger partial charge in [-0.25, -0.2) is 4.98 Å². The van der Waals surface area contributed by atoms with E-state index >= 15 is 0 Å². The quantitative estimate of drug-likeness (QED) is 0.910. The van der Waals surface area contributed by atoms with Crippen molar-refractivity contribution < 1.29 is 4.79 Å². The van der Waals surface area contributed by atoms with E-state index in [1.807, 2.05) is 39.5 Å². The van der Waals surface area contributed by atoms with Gasteiger partial charge in [0.15, 0.2) is 0 Å². The highest BCUT2D eigenvalue weighted by atomic mass is 16.2. The second-order valence-corrected chi connectivity index (χ2v) is 7.12. The Morgan fingerprint density at radius 3 is 2.67 bits per heavy atom. The second-order valence-electron chi connectivity index (χ2n) is 7.12. The molecule has 0 saturated carbocycles. The Hall–Kier alpha value is -1.65. The molecule has 0 unspecified atom stereocenters. The van der Waals surface area contributed by atoms with Gasteiger partial charge >= 0.3 is 0 Å². The number of carbonyl (C=O) groups excluding carboxylic acids is 1. The Balaban J connectivity index is 2.37. The Bertz CT molecular complexity index is 584. The summed E-state index contributed by atoms with van der Waals surface area (Å²) in [5.74, 6) is 0.933. The summed E-state index contributed by atoms with van der Waals surface area (Å²) in [5.41, 5.74) is 0.223. The minimum atomic E-state index is -0.418. The van der Waals surface area contributed by atoms with Crippen molar-refractivity contribution in [2.45, 2.75) is 59.4 Å². The Kier molecular flexibility index (Phi) is 4.21. The van der Waals surface area contributed by atoms with E-state index in [0.29, 0.717) is 5.82 Å². The lowest BCUT2D eigenvalue weighted by Gasteiger charge is -2.30. The van der Waals surface area contributed by atoms with Gasteiger partial charge < -0.3 is 9.88 Å². The number of hydrogen-bond acceptors (Lipinski definition) is 3. The average Bonchev–Trinajstić information content (AvgIpc) is 2.84. The van der Waals surface area contributed by atoms with Crippen LogP contribution in [0.25, 0.3) is 0 Å². The highest BCUT2D eigenvalue weighted by Crippen LogP contribution is 2.33. The van der Waals surface area contributed by atoms with Crippen LogP contribution in [0.4, 0.5) is 0 Å². The van der Waals surface area contributed by atoms with Gasteiger partial charge in [-0.3, -0.25) is 9.59 Å². The molecule has 1 N–H and O–H groups in total. The van der Waals surface area contributed by atoms with Gasteiger partial charge in [-0.15, -0.1) is 0 Å². The molecule has 1 aliphatic rings. The third kappa shape index (κ3) is 3.34. The molecule has 0 aliphatic carbocycles. The molecule has 0 spiro atoms. The van der Waals surface area contributed by atoms with Crippen LogP contribution in [0.2, 0.25) is 0 Å². The summed E-state index contributed by atoms with van der Waals surface area (Å²) in [7, 11) is 0. The molecule has 1 aliphatic heterocycles. The lowest BCUT2D eigenvalue weighted by atomic mass is 9.94. The van der Waals surface area contributed by atoms with Gasteiger partial charge in [0, 0.05) is 18.0 Å². The van der Waals surface area contributed by atoms with Gasteiger partial charge in [-0.2, -0.15) is 0 Å². The van der Waals surface area contributed by atoms with Crippen molar-refractivity contribution in [3.63, 3.8) is 0 Å². The standard InChI is InChI=1S/C16H25N3O2/c1-10(2)11-9-13(20)18-14(17-11)12-7-6-8-19(12)15(21)16(3,4)5/h9-10,12H,6-8H2,1-5H3,(H,17,18,20)/t12-/m0/s1. The maximum atomic E-state index is 12.6. The molecule has 5 heteroatoms. The number of nitrogens with zero attached hydrogens (tertiary/aromatic N) is 2. The first-order valence-electron chi connectivity index (χ1n) is 7.62. The summed E-state index contributed by atoms with van der Waals surface area (Å²) < 4.78 is 0. The number of nitrogens with one attached hydrogen (secondary N) is 1. The van der Waals surface area contributed by atoms with Gasteiger partial charge in [0.25, 0.3) is 5.56 Å². The van der Waals surface area contributed by atoms with E-state index in [4.69, 9.17) is 0 Å². The van der Waals surface area contributed by atoms with Gasteiger partial charge in [0.1, 0.15) is 5.82 Å². The molecule has 1 atom stereocenters. The van der Waals surface area contributed by atoms with E-state index < -0.39 is 5.41 Å². The van der Waals surface area contributed by atoms with Crippen molar-refractivity contribution in [3.05, 3.63) is 27.9 Å². The molecule has 1 aromatic heterocycles. The Morgan fingerprint density at radius 1 is 1.43 bits per heavy atom. The monoisotopic (exact) mass is 291 g/mol. The molecule has 116 valence electrons. The minimum Gasteiger partial charge on any atom is -0.332 e. The lowest BCUT2D eigenvalue weighted by molar-refractivity contribution is -0.140. The molecular weight excluding hydrogens is 266 g/mol. The molecular formula is C16H25N3O2. The summed E-state index contributed by atoms with van der Waals surface area (Å²) in [4.78, 5) is 33.7. The van der Waals surface area contributed by atoms with Crippen LogP contribution in [0.1, 0.15) is 70.9 Å². The predicted molar refractivity (Wildman–Crippen MR) is 82.1 cm³/mol. The van der Waals surface area contributed by atoms with Crippen LogP contribution in [0.3, 0.4) is 0 Å².